The SMILES string of the molecule is CC/C=C\C/C=C\C/C=C\C/C=C\C/C=C\C/C=C\C/C=C\CCCCCCOCC(COC1OC(COC2OC(CO)C(O)C(O)C2O)C(O)C(O)C1O)OC(=O)CCCCCCCCCCCCCCCCCCCCCCCCCCC. The van der Waals surface area contributed by atoms with E-state index in [1.54, 1.807) is 0 Å². The fourth-order valence-electron chi connectivity index (χ4n) is 10.5. The van der Waals surface area contributed by atoms with Crippen LogP contribution < -0.4 is 0 Å². The molecule has 14 heteroatoms. The molecule has 492 valence electrons. The van der Waals surface area contributed by atoms with Crippen LogP contribution in [0.1, 0.15) is 258 Å². The van der Waals surface area contributed by atoms with Crippen molar-refractivity contribution in [2.75, 3.05) is 33.0 Å². The third-order valence-corrected chi connectivity index (χ3v) is 15.9. The predicted molar refractivity (Wildman–Crippen MR) is 344 cm³/mol. The predicted octanol–water partition coefficient (Wildman–Crippen LogP) is 14.3. The van der Waals surface area contributed by atoms with E-state index in [4.69, 9.17) is 28.4 Å². The Kier molecular flexibility index (Phi) is 51.9. The van der Waals surface area contributed by atoms with E-state index in [1.165, 1.54) is 135 Å². The van der Waals surface area contributed by atoms with Crippen LogP contribution in [0, 0.1) is 0 Å². The molecule has 11 unspecified atom stereocenters. The molecule has 0 radical (unpaired) electrons. The molecule has 11 atom stereocenters. The van der Waals surface area contributed by atoms with E-state index in [2.05, 4.69) is 98.9 Å². The van der Waals surface area contributed by atoms with E-state index in [1.807, 2.05) is 0 Å². The van der Waals surface area contributed by atoms with Crippen molar-refractivity contribution in [2.24, 2.45) is 0 Å². The molecule has 85 heavy (non-hydrogen) atoms. The lowest BCUT2D eigenvalue weighted by Gasteiger charge is -2.42. The van der Waals surface area contributed by atoms with Gasteiger partial charge in [-0.3, -0.25) is 4.79 Å². The summed E-state index contributed by atoms with van der Waals surface area (Å²) in [7, 11) is 0. The lowest BCUT2D eigenvalue weighted by molar-refractivity contribution is -0.332. The van der Waals surface area contributed by atoms with Crippen molar-refractivity contribution >= 4 is 5.97 Å². The van der Waals surface area contributed by atoms with Gasteiger partial charge in [-0.25, -0.2) is 0 Å². The Morgan fingerprint density at radius 3 is 1.20 bits per heavy atom. The Labute approximate surface area is 516 Å². The first-order chi connectivity index (χ1) is 41.6. The van der Waals surface area contributed by atoms with Gasteiger partial charge in [-0.15, -0.1) is 0 Å². The number of ether oxygens (including phenoxy) is 6. The van der Waals surface area contributed by atoms with Gasteiger partial charge in [0.05, 0.1) is 26.4 Å². The molecule has 0 bridgehead atoms. The molecule has 0 aromatic carbocycles. The summed E-state index contributed by atoms with van der Waals surface area (Å²) in [5.41, 5.74) is 0. The minimum absolute atomic E-state index is 0.0419. The Hall–Kier alpha value is -2.83. The van der Waals surface area contributed by atoms with Gasteiger partial charge < -0.3 is 64.2 Å². The summed E-state index contributed by atoms with van der Waals surface area (Å²) in [6.07, 6.45) is 59.4. The number of rotatable bonds is 56. The maximum atomic E-state index is 13.2. The maximum Gasteiger partial charge on any atom is 0.306 e. The number of allylic oxidation sites excluding steroid dienone is 14. The first-order valence-electron chi connectivity index (χ1n) is 34.2. The minimum atomic E-state index is -1.72. The highest BCUT2D eigenvalue weighted by molar-refractivity contribution is 5.69. The van der Waals surface area contributed by atoms with Crippen molar-refractivity contribution < 1.29 is 69.0 Å². The van der Waals surface area contributed by atoms with Crippen molar-refractivity contribution in [3.8, 4) is 0 Å². The van der Waals surface area contributed by atoms with Crippen LogP contribution in [0.5, 0.6) is 0 Å². The number of aliphatic hydroxyl groups excluding tert-OH is 7. The number of carbonyl (C=O) groups is 1. The summed E-state index contributed by atoms with van der Waals surface area (Å²) in [6.45, 7) is 3.55. The van der Waals surface area contributed by atoms with Gasteiger partial charge in [0.1, 0.15) is 54.9 Å². The van der Waals surface area contributed by atoms with Gasteiger partial charge in [0.15, 0.2) is 12.6 Å². The van der Waals surface area contributed by atoms with Crippen molar-refractivity contribution in [3.05, 3.63) is 85.1 Å². The van der Waals surface area contributed by atoms with Crippen LogP contribution in [0.25, 0.3) is 0 Å². The monoisotopic (exact) mass is 1200 g/mol. The van der Waals surface area contributed by atoms with Gasteiger partial charge in [-0.2, -0.15) is 0 Å². The molecule has 0 aromatic rings. The van der Waals surface area contributed by atoms with E-state index < -0.39 is 80.7 Å². The van der Waals surface area contributed by atoms with Crippen molar-refractivity contribution in [1.29, 1.82) is 0 Å². The van der Waals surface area contributed by atoms with E-state index >= 15 is 0 Å². The first-order valence-corrected chi connectivity index (χ1v) is 34.2. The molecule has 7 N–H and O–H groups in total. The maximum absolute atomic E-state index is 13.2. The fraction of sp³-hybridized carbons (Fsp3) is 0.789. The zero-order chi connectivity index (χ0) is 61.5. The number of hydrogen-bond acceptors (Lipinski definition) is 14. The summed E-state index contributed by atoms with van der Waals surface area (Å²) in [4.78, 5) is 13.2. The van der Waals surface area contributed by atoms with E-state index in [0.717, 1.165) is 96.3 Å². The van der Waals surface area contributed by atoms with Crippen LogP contribution in [-0.4, -0.2) is 142 Å². The number of unbranched alkanes of at least 4 members (excludes halogenated alkanes) is 28. The molecule has 0 amide bonds. The highest BCUT2D eigenvalue weighted by atomic mass is 16.7. The second kappa shape index (κ2) is 56.4. The average Bonchev–Trinajstić information content (AvgIpc) is 2.82. The number of esters is 1. The van der Waals surface area contributed by atoms with Crippen LogP contribution in [0.15, 0.2) is 85.1 Å². The standard InChI is InChI=1S/C71H124O14/c1-3-5-7-9-11-13-15-17-19-21-23-25-27-29-31-33-35-37-39-41-43-45-47-49-51-53-55-80-57-60(58-81-70-69(79)67(77)65(75)62(85-70)59-82-71-68(78)66(76)64(74)61(56-72)84-71)83-63(73)54-52-50-48-46-44-42-40-38-36-34-32-30-28-26-24-22-20-18-16-14-12-10-8-6-4-2/h5,7,11,13,17,19,23,25,29,31,35,37,41,43,60-62,64-72,74-79H,3-4,6,8-10,12,14-16,18,20-22,24,26-28,30,32-34,36,38-40,42,44-59H2,1-2H3/b7-5-,13-11-,19-17-,25-23-,31-29-,37-35-,43-41-. The zero-order valence-electron chi connectivity index (χ0n) is 53.3. The molecule has 2 aliphatic rings. The Morgan fingerprint density at radius 2 is 0.765 bits per heavy atom. The van der Waals surface area contributed by atoms with Crippen molar-refractivity contribution in [2.45, 2.75) is 325 Å². The molecule has 2 heterocycles. The molecule has 0 saturated carbocycles. The minimum Gasteiger partial charge on any atom is -0.457 e. The van der Waals surface area contributed by atoms with Gasteiger partial charge >= 0.3 is 5.97 Å². The quantitative estimate of drug-likeness (QED) is 0.0171. The molecule has 0 spiro atoms. The summed E-state index contributed by atoms with van der Waals surface area (Å²) < 4.78 is 34.5. The first kappa shape index (κ1) is 78.3. The second-order valence-corrected chi connectivity index (χ2v) is 23.6. The Balaban J connectivity index is 1.67. The van der Waals surface area contributed by atoms with Crippen LogP contribution in [-0.2, 0) is 33.2 Å². The lowest BCUT2D eigenvalue weighted by Crippen LogP contribution is -2.61. The van der Waals surface area contributed by atoms with Crippen molar-refractivity contribution in [3.63, 3.8) is 0 Å². The van der Waals surface area contributed by atoms with Crippen LogP contribution in [0.3, 0.4) is 0 Å². The topological polar surface area (TPSA) is 214 Å². The molecule has 2 fully saturated rings. The fourth-order valence-corrected chi connectivity index (χ4v) is 10.5. The second-order valence-electron chi connectivity index (χ2n) is 23.6. The van der Waals surface area contributed by atoms with Crippen LogP contribution in [0.4, 0.5) is 0 Å². The van der Waals surface area contributed by atoms with Crippen LogP contribution in [0.2, 0.25) is 0 Å². The van der Waals surface area contributed by atoms with E-state index in [0.29, 0.717) is 13.0 Å². The highest BCUT2D eigenvalue weighted by Gasteiger charge is 2.47. The molecular weight excluding hydrogens is 1080 g/mol. The molecular formula is C71H124O14. The average molecular weight is 1200 g/mol. The molecule has 2 saturated heterocycles. The Bertz CT molecular complexity index is 1730. The summed E-state index contributed by atoms with van der Waals surface area (Å²) >= 11 is 0. The summed E-state index contributed by atoms with van der Waals surface area (Å²) in [5.74, 6) is -0.383. The molecule has 0 aliphatic carbocycles. The summed E-state index contributed by atoms with van der Waals surface area (Å²) in [5, 5.41) is 72.6. The van der Waals surface area contributed by atoms with E-state index in [9.17, 15) is 40.5 Å². The molecule has 2 aliphatic heterocycles. The number of carbonyl (C=O) groups excluding carboxylic acids is 1. The molecule has 2 rings (SSSR count). The van der Waals surface area contributed by atoms with Gasteiger partial charge in [-0.1, -0.05) is 266 Å². The summed E-state index contributed by atoms with van der Waals surface area (Å²) in [6, 6.07) is 0. The largest absolute Gasteiger partial charge is 0.457 e. The van der Waals surface area contributed by atoms with Gasteiger partial charge in [0.25, 0.3) is 0 Å². The normalized spacial score (nSPS) is 23.7. The number of hydrogen-bond donors (Lipinski definition) is 7. The molecule has 14 nitrogen and oxygen atoms in total. The third-order valence-electron chi connectivity index (χ3n) is 15.9. The smallest absolute Gasteiger partial charge is 0.306 e. The lowest BCUT2D eigenvalue weighted by atomic mass is 9.98. The zero-order valence-corrected chi connectivity index (χ0v) is 53.3. The van der Waals surface area contributed by atoms with E-state index in [-0.39, 0.29) is 25.6 Å². The third kappa shape index (κ3) is 41.9. The molecule has 0 aromatic heterocycles. The van der Waals surface area contributed by atoms with Crippen molar-refractivity contribution in [1.82, 2.24) is 0 Å². The van der Waals surface area contributed by atoms with Gasteiger partial charge in [0.2, 0.25) is 0 Å². The Morgan fingerprint density at radius 1 is 0.400 bits per heavy atom. The van der Waals surface area contributed by atoms with Gasteiger partial charge in [-0.05, 0) is 70.6 Å². The van der Waals surface area contributed by atoms with Gasteiger partial charge in [0, 0.05) is 13.0 Å². The number of aliphatic hydroxyl groups is 7. The highest BCUT2D eigenvalue weighted by Crippen LogP contribution is 2.27. The van der Waals surface area contributed by atoms with Crippen LogP contribution >= 0.6 is 0 Å².